The number of aliphatic hydroxyl groups is 1. The highest BCUT2D eigenvalue weighted by Crippen LogP contribution is 2.25. The highest BCUT2D eigenvalue weighted by atomic mass is 16.5. The number of methoxy groups -OCH3 is 1. The average molecular weight is 154 g/mol. The predicted molar refractivity (Wildman–Crippen MR) is 44.3 cm³/mol. The van der Waals surface area contributed by atoms with E-state index in [4.69, 9.17) is 4.74 Å². The quantitative estimate of drug-likeness (QED) is 0.662. The first-order valence-electron chi connectivity index (χ1n) is 3.95. The van der Waals surface area contributed by atoms with E-state index in [-0.39, 0.29) is 0 Å². The molecule has 0 aromatic heterocycles. The minimum atomic E-state index is 0.395. The van der Waals surface area contributed by atoms with Crippen LogP contribution in [0.15, 0.2) is 23.2 Å². The Morgan fingerprint density at radius 2 is 2.36 bits per heavy atom. The van der Waals surface area contributed by atoms with Gasteiger partial charge in [0.1, 0.15) is 5.76 Å². The molecule has 1 N–H and O–H groups in total. The molecular weight excluding hydrogens is 140 g/mol. The highest BCUT2D eigenvalue weighted by Gasteiger charge is 2.13. The highest BCUT2D eigenvalue weighted by molar-refractivity contribution is 5.30. The van der Waals surface area contributed by atoms with Gasteiger partial charge in [0.25, 0.3) is 0 Å². The summed E-state index contributed by atoms with van der Waals surface area (Å²) >= 11 is 0. The Kier molecular flexibility index (Phi) is 2.58. The second-order valence-electron chi connectivity index (χ2n) is 2.60. The second kappa shape index (κ2) is 3.46. The van der Waals surface area contributed by atoms with E-state index in [0.717, 1.165) is 18.4 Å². The van der Waals surface area contributed by atoms with Crippen LogP contribution in [-0.4, -0.2) is 12.2 Å². The van der Waals surface area contributed by atoms with Crippen LogP contribution in [0.2, 0.25) is 0 Å². The summed E-state index contributed by atoms with van der Waals surface area (Å²) in [5.41, 5.74) is 1.12. The van der Waals surface area contributed by atoms with Gasteiger partial charge in [-0.2, -0.15) is 0 Å². The van der Waals surface area contributed by atoms with Gasteiger partial charge in [0.15, 0.2) is 5.76 Å². The van der Waals surface area contributed by atoms with Crippen LogP contribution in [0.5, 0.6) is 0 Å². The SMILES string of the molecule is CCC1=CCCC(O)=C1OC. The van der Waals surface area contributed by atoms with Crippen molar-refractivity contribution in [1.29, 1.82) is 0 Å². The largest absolute Gasteiger partial charge is 0.508 e. The molecule has 1 rings (SSSR count). The van der Waals surface area contributed by atoms with Gasteiger partial charge in [-0.15, -0.1) is 0 Å². The zero-order valence-corrected chi connectivity index (χ0v) is 7.05. The molecule has 2 heteroatoms. The van der Waals surface area contributed by atoms with Gasteiger partial charge < -0.3 is 9.84 Å². The number of hydrogen-bond acceptors (Lipinski definition) is 2. The summed E-state index contributed by atoms with van der Waals surface area (Å²) < 4.78 is 5.07. The fourth-order valence-corrected chi connectivity index (χ4v) is 1.33. The predicted octanol–water partition coefficient (Wildman–Crippen LogP) is 2.53. The lowest BCUT2D eigenvalue weighted by Gasteiger charge is -2.15. The number of hydrogen-bond donors (Lipinski definition) is 1. The Labute approximate surface area is 67.2 Å². The molecule has 0 aliphatic heterocycles. The number of rotatable bonds is 2. The van der Waals surface area contributed by atoms with Gasteiger partial charge in [-0.1, -0.05) is 13.0 Å². The first kappa shape index (κ1) is 8.18. The van der Waals surface area contributed by atoms with E-state index >= 15 is 0 Å². The van der Waals surface area contributed by atoms with Crippen molar-refractivity contribution in [2.75, 3.05) is 7.11 Å². The fourth-order valence-electron chi connectivity index (χ4n) is 1.33. The zero-order chi connectivity index (χ0) is 8.27. The molecule has 0 spiro atoms. The number of aliphatic hydroxyl groups excluding tert-OH is 1. The Balaban J connectivity index is 2.86. The molecule has 0 fully saturated rings. The lowest BCUT2D eigenvalue weighted by atomic mass is 10.0. The van der Waals surface area contributed by atoms with E-state index < -0.39 is 0 Å². The minimum Gasteiger partial charge on any atom is -0.508 e. The molecule has 1 aliphatic rings. The van der Waals surface area contributed by atoms with Crippen molar-refractivity contribution in [3.05, 3.63) is 23.2 Å². The van der Waals surface area contributed by atoms with Gasteiger partial charge in [0.2, 0.25) is 0 Å². The van der Waals surface area contributed by atoms with Crippen molar-refractivity contribution in [2.45, 2.75) is 26.2 Å². The van der Waals surface area contributed by atoms with Gasteiger partial charge in [-0.25, -0.2) is 0 Å². The maximum absolute atomic E-state index is 9.38. The van der Waals surface area contributed by atoms with Gasteiger partial charge in [-0.3, -0.25) is 0 Å². The molecule has 0 heterocycles. The summed E-state index contributed by atoms with van der Waals surface area (Å²) in [6, 6.07) is 0. The van der Waals surface area contributed by atoms with E-state index in [1.54, 1.807) is 7.11 Å². The second-order valence-corrected chi connectivity index (χ2v) is 2.60. The summed E-state index contributed by atoms with van der Waals surface area (Å²) in [7, 11) is 1.60. The molecule has 62 valence electrons. The Hall–Kier alpha value is -0.920. The van der Waals surface area contributed by atoms with Crippen LogP contribution in [0.1, 0.15) is 26.2 Å². The van der Waals surface area contributed by atoms with Gasteiger partial charge in [-0.05, 0) is 18.4 Å². The minimum absolute atomic E-state index is 0.395. The van der Waals surface area contributed by atoms with Crippen molar-refractivity contribution in [1.82, 2.24) is 0 Å². The Morgan fingerprint density at radius 3 is 2.82 bits per heavy atom. The van der Waals surface area contributed by atoms with Gasteiger partial charge in [0.05, 0.1) is 7.11 Å². The molecule has 0 saturated carbocycles. The summed E-state index contributed by atoms with van der Waals surface area (Å²) in [6.45, 7) is 2.06. The first-order valence-corrected chi connectivity index (χ1v) is 3.95. The summed E-state index contributed by atoms with van der Waals surface area (Å²) in [5.74, 6) is 1.07. The van der Waals surface area contributed by atoms with Crippen LogP contribution in [0, 0.1) is 0 Å². The third-order valence-corrected chi connectivity index (χ3v) is 1.91. The standard InChI is InChI=1S/C9H14O2/c1-3-7-5-4-6-8(10)9(7)11-2/h5,10H,3-4,6H2,1-2H3. The fraction of sp³-hybridized carbons (Fsp3) is 0.556. The van der Waals surface area contributed by atoms with E-state index in [2.05, 4.69) is 13.0 Å². The molecule has 0 atom stereocenters. The molecule has 0 unspecified atom stereocenters. The van der Waals surface area contributed by atoms with Crippen molar-refractivity contribution in [2.24, 2.45) is 0 Å². The molecule has 1 aliphatic carbocycles. The average Bonchev–Trinajstić information content (AvgIpc) is 2.04. The smallest absolute Gasteiger partial charge is 0.159 e. The molecule has 11 heavy (non-hydrogen) atoms. The molecule has 0 aromatic carbocycles. The third-order valence-electron chi connectivity index (χ3n) is 1.91. The topological polar surface area (TPSA) is 29.5 Å². The Morgan fingerprint density at radius 1 is 1.64 bits per heavy atom. The summed E-state index contributed by atoms with van der Waals surface area (Å²) in [5, 5.41) is 9.38. The lowest BCUT2D eigenvalue weighted by molar-refractivity contribution is 0.251. The molecular formula is C9H14O2. The van der Waals surface area contributed by atoms with Crippen LogP contribution in [0.3, 0.4) is 0 Å². The van der Waals surface area contributed by atoms with Gasteiger partial charge >= 0.3 is 0 Å². The van der Waals surface area contributed by atoms with Gasteiger partial charge in [0, 0.05) is 6.42 Å². The number of allylic oxidation sites excluding steroid dienone is 3. The van der Waals surface area contributed by atoms with Crippen molar-refractivity contribution >= 4 is 0 Å². The van der Waals surface area contributed by atoms with Crippen molar-refractivity contribution in [3.63, 3.8) is 0 Å². The molecule has 0 aromatic rings. The van der Waals surface area contributed by atoms with E-state index in [9.17, 15) is 5.11 Å². The normalized spacial score (nSPS) is 18.2. The van der Waals surface area contributed by atoms with Crippen LogP contribution < -0.4 is 0 Å². The zero-order valence-electron chi connectivity index (χ0n) is 7.05. The van der Waals surface area contributed by atoms with E-state index in [0.29, 0.717) is 17.9 Å². The first-order chi connectivity index (χ1) is 5.29. The molecule has 2 nitrogen and oxygen atoms in total. The van der Waals surface area contributed by atoms with E-state index in [1.807, 2.05) is 0 Å². The molecule has 0 radical (unpaired) electrons. The van der Waals surface area contributed by atoms with E-state index in [1.165, 1.54) is 0 Å². The van der Waals surface area contributed by atoms with Crippen LogP contribution in [0.25, 0.3) is 0 Å². The van der Waals surface area contributed by atoms with Crippen LogP contribution in [0.4, 0.5) is 0 Å². The summed E-state index contributed by atoms with van der Waals surface area (Å²) in [4.78, 5) is 0. The maximum atomic E-state index is 9.38. The molecule has 0 bridgehead atoms. The van der Waals surface area contributed by atoms with Crippen molar-refractivity contribution in [3.8, 4) is 0 Å². The Bertz CT molecular complexity index is 202. The summed E-state index contributed by atoms with van der Waals surface area (Å²) in [6.07, 6.45) is 4.69. The van der Waals surface area contributed by atoms with Crippen LogP contribution in [-0.2, 0) is 4.74 Å². The lowest BCUT2D eigenvalue weighted by Crippen LogP contribution is -2.02. The monoisotopic (exact) mass is 154 g/mol. The van der Waals surface area contributed by atoms with Crippen molar-refractivity contribution < 1.29 is 9.84 Å². The molecule has 0 amide bonds. The maximum Gasteiger partial charge on any atom is 0.159 e. The number of ether oxygens (including phenoxy) is 1. The molecule has 0 saturated heterocycles. The van der Waals surface area contributed by atoms with Crippen LogP contribution >= 0.6 is 0 Å². The third kappa shape index (κ3) is 1.56.